The van der Waals surface area contributed by atoms with E-state index < -0.39 is 11.5 Å². The van der Waals surface area contributed by atoms with E-state index in [0.717, 1.165) is 11.3 Å². The fourth-order valence-corrected chi connectivity index (χ4v) is 3.78. The number of nitrogens with zero attached hydrogens (tertiary/aromatic N) is 7. The Hall–Kier alpha value is -4.12. The third-order valence-corrected chi connectivity index (χ3v) is 5.54. The highest BCUT2D eigenvalue weighted by Crippen LogP contribution is 2.35. The standard InChI is InChI=1S/C22H22N8O3/c1-13-8-16(15-4-6-23-21(27-15)25-14-11-24-30(3)12-14)26-17(9-13)18-10-19(33-28-18)22(32)5-7-29(2)20(22)31/h4,6,8-12,32H,5,7H2,1-3H3,(H,23,25,27)/t22-/m1/s1. The maximum atomic E-state index is 12.4. The van der Waals surface area contributed by atoms with Crippen molar-refractivity contribution in [3.8, 4) is 22.8 Å². The molecule has 1 amide bonds. The van der Waals surface area contributed by atoms with Gasteiger partial charge in [-0.3, -0.25) is 9.48 Å². The maximum Gasteiger partial charge on any atom is 0.262 e. The number of aryl methyl sites for hydroxylation is 2. The number of carbonyl (C=O) groups is 1. The zero-order valence-corrected chi connectivity index (χ0v) is 18.3. The van der Waals surface area contributed by atoms with E-state index in [2.05, 4.69) is 30.5 Å². The second kappa shape index (κ2) is 7.78. The molecule has 0 saturated carbocycles. The van der Waals surface area contributed by atoms with Crippen molar-refractivity contribution in [3.05, 3.63) is 54.2 Å². The summed E-state index contributed by atoms with van der Waals surface area (Å²) in [6.07, 6.45) is 5.40. The average molecular weight is 446 g/mol. The Kier molecular flexibility index (Phi) is 4.90. The number of aliphatic hydroxyl groups is 1. The zero-order valence-electron chi connectivity index (χ0n) is 18.3. The molecule has 33 heavy (non-hydrogen) atoms. The third-order valence-electron chi connectivity index (χ3n) is 5.54. The van der Waals surface area contributed by atoms with Crippen molar-refractivity contribution in [1.82, 2.24) is 34.8 Å². The number of pyridine rings is 1. The number of rotatable bonds is 5. The van der Waals surface area contributed by atoms with E-state index in [0.29, 0.717) is 35.3 Å². The van der Waals surface area contributed by atoms with Crippen molar-refractivity contribution in [3.63, 3.8) is 0 Å². The molecule has 0 aliphatic carbocycles. The summed E-state index contributed by atoms with van der Waals surface area (Å²) in [7, 11) is 3.47. The number of hydrogen-bond acceptors (Lipinski definition) is 9. The van der Waals surface area contributed by atoms with Crippen LogP contribution < -0.4 is 5.32 Å². The van der Waals surface area contributed by atoms with Gasteiger partial charge in [0.1, 0.15) is 5.69 Å². The summed E-state index contributed by atoms with van der Waals surface area (Å²) in [6, 6.07) is 7.10. The highest BCUT2D eigenvalue weighted by molar-refractivity contribution is 5.87. The van der Waals surface area contributed by atoms with Crippen LogP contribution >= 0.6 is 0 Å². The summed E-state index contributed by atoms with van der Waals surface area (Å²) in [5.74, 6) is 0.125. The molecule has 2 N–H and O–H groups in total. The van der Waals surface area contributed by atoms with Crippen molar-refractivity contribution >= 4 is 17.5 Å². The van der Waals surface area contributed by atoms with E-state index in [9.17, 15) is 9.90 Å². The van der Waals surface area contributed by atoms with Crippen molar-refractivity contribution in [2.75, 3.05) is 18.9 Å². The number of aromatic nitrogens is 6. The largest absolute Gasteiger partial charge is 0.373 e. The van der Waals surface area contributed by atoms with Gasteiger partial charge in [-0.25, -0.2) is 15.0 Å². The number of carbonyl (C=O) groups excluding carboxylic acids is 1. The van der Waals surface area contributed by atoms with Crippen LogP contribution in [-0.4, -0.2) is 59.4 Å². The van der Waals surface area contributed by atoms with Gasteiger partial charge in [-0.05, 0) is 30.7 Å². The van der Waals surface area contributed by atoms with Gasteiger partial charge in [0.15, 0.2) is 5.76 Å². The Morgan fingerprint density at radius 2 is 1.91 bits per heavy atom. The Morgan fingerprint density at radius 1 is 1.12 bits per heavy atom. The molecule has 11 nitrogen and oxygen atoms in total. The van der Waals surface area contributed by atoms with Crippen LogP contribution in [-0.2, 0) is 17.4 Å². The van der Waals surface area contributed by atoms with Gasteiger partial charge in [-0.15, -0.1) is 0 Å². The van der Waals surface area contributed by atoms with E-state index in [1.165, 1.54) is 4.90 Å². The molecule has 5 heterocycles. The lowest BCUT2D eigenvalue weighted by Gasteiger charge is -2.16. The van der Waals surface area contributed by atoms with Crippen molar-refractivity contribution < 1.29 is 14.4 Å². The molecule has 0 unspecified atom stereocenters. The first kappa shape index (κ1) is 20.8. The summed E-state index contributed by atoms with van der Waals surface area (Å²) in [5, 5.41) is 22.1. The molecule has 4 aromatic rings. The lowest BCUT2D eigenvalue weighted by atomic mass is 9.98. The first-order chi connectivity index (χ1) is 15.8. The lowest BCUT2D eigenvalue weighted by molar-refractivity contribution is -0.144. The number of likely N-dealkylation sites (tertiary alicyclic amines) is 1. The molecule has 1 saturated heterocycles. The van der Waals surface area contributed by atoms with Crippen molar-refractivity contribution in [2.45, 2.75) is 18.9 Å². The van der Waals surface area contributed by atoms with E-state index in [4.69, 9.17) is 4.52 Å². The average Bonchev–Trinajstić information content (AvgIpc) is 3.51. The number of amides is 1. The predicted molar refractivity (Wildman–Crippen MR) is 118 cm³/mol. The summed E-state index contributed by atoms with van der Waals surface area (Å²) in [4.78, 5) is 27.4. The predicted octanol–water partition coefficient (Wildman–Crippen LogP) is 2.03. The van der Waals surface area contributed by atoms with Crippen LogP contribution in [0.15, 0.2) is 47.4 Å². The Morgan fingerprint density at radius 3 is 2.61 bits per heavy atom. The molecule has 1 aliphatic heterocycles. The van der Waals surface area contributed by atoms with Crippen LogP contribution in [0.5, 0.6) is 0 Å². The van der Waals surface area contributed by atoms with E-state index in [1.54, 1.807) is 36.3 Å². The normalized spacial score (nSPS) is 18.2. The van der Waals surface area contributed by atoms with Crippen LogP contribution in [0.3, 0.4) is 0 Å². The van der Waals surface area contributed by atoms with Crippen molar-refractivity contribution in [2.24, 2.45) is 7.05 Å². The van der Waals surface area contributed by atoms with Crippen LogP contribution in [0.4, 0.5) is 11.6 Å². The second-order valence-corrected chi connectivity index (χ2v) is 8.12. The number of hydrogen-bond donors (Lipinski definition) is 2. The molecule has 168 valence electrons. The molecular weight excluding hydrogens is 424 g/mol. The smallest absolute Gasteiger partial charge is 0.262 e. The first-order valence-electron chi connectivity index (χ1n) is 10.3. The molecule has 1 atom stereocenters. The monoisotopic (exact) mass is 446 g/mol. The van der Waals surface area contributed by atoms with E-state index in [-0.39, 0.29) is 12.2 Å². The molecular formula is C22H22N8O3. The van der Waals surface area contributed by atoms with Gasteiger partial charge < -0.3 is 19.8 Å². The van der Waals surface area contributed by atoms with E-state index >= 15 is 0 Å². The highest BCUT2D eigenvalue weighted by atomic mass is 16.5. The van der Waals surface area contributed by atoms with E-state index in [1.807, 2.05) is 32.3 Å². The highest BCUT2D eigenvalue weighted by Gasteiger charge is 2.48. The molecule has 4 aromatic heterocycles. The van der Waals surface area contributed by atoms with Gasteiger partial charge in [0.2, 0.25) is 11.5 Å². The maximum absolute atomic E-state index is 12.4. The van der Waals surface area contributed by atoms with Crippen LogP contribution in [0.25, 0.3) is 22.8 Å². The van der Waals surface area contributed by atoms with Crippen LogP contribution in [0.2, 0.25) is 0 Å². The Balaban J connectivity index is 1.46. The zero-order chi connectivity index (χ0) is 23.2. The summed E-state index contributed by atoms with van der Waals surface area (Å²) in [5.41, 5.74) is 2.23. The first-order valence-corrected chi connectivity index (χ1v) is 10.3. The number of anilines is 2. The molecule has 1 fully saturated rings. The van der Waals surface area contributed by atoms with Gasteiger partial charge in [0, 0.05) is 45.5 Å². The number of nitrogens with one attached hydrogen (secondary N) is 1. The van der Waals surface area contributed by atoms with Gasteiger partial charge in [-0.2, -0.15) is 5.10 Å². The minimum absolute atomic E-state index is 0.113. The van der Waals surface area contributed by atoms with Crippen LogP contribution in [0, 0.1) is 6.92 Å². The van der Waals surface area contributed by atoms with Gasteiger partial charge in [-0.1, -0.05) is 5.16 Å². The van der Waals surface area contributed by atoms with Gasteiger partial charge in [0.25, 0.3) is 5.91 Å². The Bertz CT molecular complexity index is 1350. The molecule has 5 rings (SSSR count). The quantitative estimate of drug-likeness (QED) is 0.472. The minimum Gasteiger partial charge on any atom is -0.373 e. The van der Waals surface area contributed by atoms with Gasteiger partial charge >= 0.3 is 0 Å². The van der Waals surface area contributed by atoms with Gasteiger partial charge in [0.05, 0.1) is 29.0 Å². The lowest BCUT2D eigenvalue weighted by Crippen LogP contribution is -2.35. The molecule has 0 bridgehead atoms. The summed E-state index contributed by atoms with van der Waals surface area (Å²) in [6.45, 7) is 2.38. The van der Waals surface area contributed by atoms with Crippen molar-refractivity contribution in [1.29, 1.82) is 0 Å². The molecule has 11 heteroatoms. The fraction of sp³-hybridized carbons (Fsp3) is 0.273. The van der Waals surface area contributed by atoms with Crippen LogP contribution in [0.1, 0.15) is 17.7 Å². The number of likely N-dealkylation sites (N-methyl/N-ethyl adjacent to an activating group) is 1. The fourth-order valence-electron chi connectivity index (χ4n) is 3.78. The molecule has 0 aromatic carbocycles. The summed E-state index contributed by atoms with van der Waals surface area (Å²) >= 11 is 0. The third kappa shape index (κ3) is 3.82. The minimum atomic E-state index is -1.70. The topological polar surface area (TPSA) is 135 Å². The second-order valence-electron chi connectivity index (χ2n) is 8.12. The molecule has 0 spiro atoms. The summed E-state index contributed by atoms with van der Waals surface area (Å²) < 4.78 is 7.05. The molecule has 0 radical (unpaired) electrons. The Labute approximate surface area is 189 Å². The SMILES string of the molecule is Cc1cc(-c2cc([C@]3(O)CCN(C)C3=O)on2)nc(-c2ccnc(Nc3cnn(C)c3)n2)c1. The molecule has 1 aliphatic rings.